The highest BCUT2D eigenvalue weighted by atomic mass is 19.1. The molecule has 1 aliphatic rings. The second-order valence-corrected chi connectivity index (χ2v) is 7.25. The van der Waals surface area contributed by atoms with Crippen molar-refractivity contribution in [3.8, 4) is 5.75 Å². The predicted molar refractivity (Wildman–Crippen MR) is 110 cm³/mol. The van der Waals surface area contributed by atoms with E-state index in [0.29, 0.717) is 18.0 Å². The molecule has 0 unspecified atom stereocenters. The van der Waals surface area contributed by atoms with Crippen LogP contribution in [0.25, 0.3) is 0 Å². The molecule has 0 saturated carbocycles. The summed E-state index contributed by atoms with van der Waals surface area (Å²) in [6.45, 7) is -0.0713. The zero-order valence-electron chi connectivity index (χ0n) is 16.2. The van der Waals surface area contributed by atoms with Gasteiger partial charge in [0.2, 0.25) is 5.91 Å². The second kappa shape index (κ2) is 8.65. The van der Waals surface area contributed by atoms with Gasteiger partial charge < -0.3 is 19.8 Å². The van der Waals surface area contributed by atoms with E-state index in [-0.39, 0.29) is 5.91 Å². The fourth-order valence-corrected chi connectivity index (χ4v) is 3.75. The van der Waals surface area contributed by atoms with E-state index < -0.39 is 30.5 Å². The summed E-state index contributed by atoms with van der Waals surface area (Å²) in [5.74, 6) is -0.787. The van der Waals surface area contributed by atoms with Crippen molar-refractivity contribution in [3.05, 3.63) is 95.8 Å². The summed E-state index contributed by atoms with van der Waals surface area (Å²) in [4.78, 5) is 14.2. The second-order valence-electron chi connectivity index (χ2n) is 7.25. The van der Waals surface area contributed by atoms with Crippen LogP contribution in [0, 0.1) is 11.7 Å². The van der Waals surface area contributed by atoms with Gasteiger partial charge in [0, 0.05) is 5.69 Å². The average molecular weight is 407 g/mol. The van der Waals surface area contributed by atoms with Crippen LogP contribution in [0.1, 0.15) is 17.2 Å². The van der Waals surface area contributed by atoms with Crippen molar-refractivity contribution in [2.75, 3.05) is 11.5 Å². The number of anilines is 1. The minimum atomic E-state index is -1.17. The van der Waals surface area contributed by atoms with Crippen LogP contribution in [-0.4, -0.2) is 28.8 Å². The van der Waals surface area contributed by atoms with Gasteiger partial charge in [-0.05, 0) is 47.5 Å². The zero-order valence-corrected chi connectivity index (χ0v) is 16.2. The summed E-state index contributed by atoms with van der Waals surface area (Å²) in [7, 11) is 0. The molecule has 1 saturated heterocycles. The summed E-state index contributed by atoms with van der Waals surface area (Å²) in [5, 5.41) is 19.5. The van der Waals surface area contributed by atoms with E-state index in [4.69, 9.17) is 4.74 Å². The number of hydrogen-bond donors (Lipinski definition) is 2. The Balaban J connectivity index is 1.55. The molecule has 154 valence electrons. The highest BCUT2D eigenvalue weighted by molar-refractivity contribution is 6.03. The molecule has 0 bridgehead atoms. The number of aliphatic hydroxyl groups is 2. The number of aliphatic hydroxyl groups excluding tert-OH is 2. The number of carbonyl (C=O) groups is 1. The molecule has 2 N–H and O–H groups in total. The van der Waals surface area contributed by atoms with Gasteiger partial charge in [0.1, 0.15) is 18.2 Å². The number of carbonyl (C=O) groups excluding carboxylic acids is 1. The number of β-lactam (4-membered cyclic amide) rings is 1. The fourth-order valence-electron chi connectivity index (χ4n) is 3.75. The predicted octanol–water partition coefficient (Wildman–Crippen LogP) is 3.46. The normalized spacial score (nSPS) is 19.3. The van der Waals surface area contributed by atoms with Gasteiger partial charge in [-0.1, -0.05) is 42.5 Å². The van der Waals surface area contributed by atoms with Crippen LogP contribution < -0.4 is 9.64 Å². The zero-order chi connectivity index (χ0) is 21.1. The Labute approximate surface area is 174 Å². The number of nitrogens with zero attached hydrogens (tertiary/aromatic N) is 1. The molecular weight excluding hydrogens is 385 g/mol. The molecule has 1 amide bonds. The largest absolute Gasteiger partial charge is 0.489 e. The molecule has 1 heterocycles. The first-order chi connectivity index (χ1) is 14.6. The van der Waals surface area contributed by atoms with Crippen LogP contribution in [0.4, 0.5) is 10.1 Å². The number of benzene rings is 3. The minimum absolute atomic E-state index is 0.308. The monoisotopic (exact) mass is 407 g/mol. The Kier molecular flexibility index (Phi) is 5.79. The summed E-state index contributed by atoms with van der Waals surface area (Å²) in [5.41, 5.74) is 2.39. The highest BCUT2D eigenvalue weighted by Gasteiger charge is 2.52. The topological polar surface area (TPSA) is 70.0 Å². The van der Waals surface area contributed by atoms with E-state index in [9.17, 15) is 19.4 Å². The van der Waals surface area contributed by atoms with Crippen molar-refractivity contribution < 1.29 is 24.1 Å². The molecule has 1 aliphatic heterocycles. The number of amides is 1. The van der Waals surface area contributed by atoms with Gasteiger partial charge in [-0.25, -0.2) is 4.39 Å². The molecule has 4 rings (SSSR count). The van der Waals surface area contributed by atoms with E-state index in [1.54, 1.807) is 0 Å². The van der Waals surface area contributed by atoms with Gasteiger partial charge in [0.05, 0.1) is 24.7 Å². The van der Waals surface area contributed by atoms with Gasteiger partial charge in [0.15, 0.2) is 0 Å². The Morgan fingerprint density at radius 2 is 1.63 bits per heavy atom. The molecule has 6 heteroatoms. The molecule has 1 fully saturated rings. The lowest BCUT2D eigenvalue weighted by molar-refractivity contribution is -0.137. The van der Waals surface area contributed by atoms with Crippen LogP contribution in [0.5, 0.6) is 5.75 Å². The van der Waals surface area contributed by atoms with Gasteiger partial charge in [0.25, 0.3) is 0 Å². The van der Waals surface area contributed by atoms with Gasteiger partial charge >= 0.3 is 0 Å². The molecule has 3 atom stereocenters. The van der Waals surface area contributed by atoms with Crippen molar-refractivity contribution in [1.29, 1.82) is 0 Å². The average Bonchev–Trinajstić information content (AvgIpc) is 2.78. The maximum absolute atomic E-state index is 13.3. The first kappa shape index (κ1) is 20.1. The number of ether oxygens (including phenoxy) is 1. The quantitative estimate of drug-likeness (QED) is 0.589. The van der Waals surface area contributed by atoms with E-state index in [0.717, 1.165) is 11.1 Å². The van der Waals surface area contributed by atoms with Gasteiger partial charge in [-0.15, -0.1) is 0 Å². The maximum atomic E-state index is 13.3. The SMILES string of the molecule is O=C1[C@H]([C@H](O)CO)[C@@H](c2ccc(OCc3ccccc3)cc2)N1c1ccc(F)cc1. The molecule has 3 aromatic rings. The third-order valence-corrected chi connectivity index (χ3v) is 5.32. The fraction of sp³-hybridized carbons (Fsp3) is 0.208. The van der Waals surface area contributed by atoms with Crippen molar-refractivity contribution >= 4 is 11.6 Å². The van der Waals surface area contributed by atoms with Crippen molar-refractivity contribution in [2.45, 2.75) is 18.8 Å². The van der Waals surface area contributed by atoms with Crippen molar-refractivity contribution in [2.24, 2.45) is 5.92 Å². The molecule has 0 aromatic heterocycles. The highest BCUT2D eigenvalue weighted by Crippen LogP contribution is 2.45. The maximum Gasteiger partial charge on any atom is 0.235 e. The van der Waals surface area contributed by atoms with Crippen molar-refractivity contribution in [1.82, 2.24) is 0 Å². The van der Waals surface area contributed by atoms with Crippen LogP contribution in [0.2, 0.25) is 0 Å². The van der Waals surface area contributed by atoms with E-state index >= 15 is 0 Å². The summed E-state index contributed by atoms with van der Waals surface area (Å²) >= 11 is 0. The first-order valence-corrected chi connectivity index (χ1v) is 9.72. The van der Waals surface area contributed by atoms with Gasteiger partial charge in [-0.2, -0.15) is 0 Å². The van der Waals surface area contributed by atoms with Crippen LogP contribution in [0.15, 0.2) is 78.9 Å². The number of hydrogen-bond acceptors (Lipinski definition) is 4. The van der Waals surface area contributed by atoms with Gasteiger partial charge in [-0.3, -0.25) is 4.79 Å². The molecule has 5 nitrogen and oxygen atoms in total. The number of halogens is 1. The Morgan fingerprint density at radius 1 is 0.967 bits per heavy atom. The third-order valence-electron chi connectivity index (χ3n) is 5.32. The Morgan fingerprint density at radius 3 is 2.27 bits per heavy atom. The smallest absolute Gasteiger partial charge is 0.235 e. The Bertz CT molecular complexity index is 992. The molecule has 0 aliphatic carbocycles. The summed E-state index contributed by atoms with van der Waals surface area (Å²) in [6, 6.07) is 22.3. The van der Waals surface area contributed by atoms with E-state index in [1.807, 2.05) is 54.6 Å². The van der Waals surface area contributed by atoms with E-state index in [1.165, 1.54) is 29.2 Å². The van der Waals surface area contributed by atoms with E-state index in [2.05, 4.69) is 0 Å². The van der Waals surface area contributed by atoms with Crippen LogP contribution >= 0.6 is 0 Å². The standard InChI is InChI=1S/C24H22FNO4/c25-18-8-10-19(11-9-18)26-23(22(24(26)29)21(28)14-27)17-6-12-20(13-7-17)30-15-16-4-2-1-3-5-16/h1-13,21-23,27-28H,14-15H2/t21-,22-,23-/m1/s1. The minimum Gasteiger partial charge on any atom is -0.489 e. The van der Waals surface area contributed by atoms with Crippen LogP contribution in [-0.2, 0) is 11.4 Å². The molecule has 30 heavy (non-hydrogen) atoms. The summed E-state index contributed by atoms with van der Waals surface area (Å²) < 4.78 is 19.1. The molecular formula is C24H22FNO4. The Hall–Kier alpha value is -3.22. The molecule has 3 aromatic carbocycles. The number of rotatable bonds is 7. The molecule has 0 radical (unpaired) electrons. The molecule has 0 spiro atoms. The van der Waals surface area contributed by atoms with Crippen molar-refractivity contribution in [3.63, 3.8) is 0 Å². The first-order valence-electron chi connectivity index (χ1n) is 9.72. The summed E-state index contributed by atoms with van der Waals surface area (Å²) in [6.07, 6.45) is -1.17. The lowest BCUT2D eigenvalue weighted by Crippen LogP contribution is -2.60. The van der Waals surface area contributed by atoms with Crippen LogP contribution in [0.3, 0.4) is 0 Å². The third kappa shape index (κ3) is 3.92. The lowest BCUT2D eigenvalue weighted by Gasteiger charge is -2.49. The lowest BCUT2D eigenvalue weighted by atomic mass is 9.78.